The minimum absolute atomic E-state index is 0.133. The summed E-state index contributed by atoms with van der Waals surface area (Å²) < 4.78 is 5.50. The maximum absolute atomic E-state index is 12.4. The van der Waals surface area contributed by atoms with Crippen molar-refractivity contribution in [1.29, 1.82) is 0 Å². The van der Waals surface area contributed by atoms with Gasteiger partial charge in [0, 0.05) is 13.1 Å². The first kappa shape index (κ1) is 18.5. The number of hydrogen-bond donors (Lipinski definition) is 1. The Bertz CT molecular complexity index is 553. The number of rotatable bonds is 5. The molecule has 0 spiro atoms. The molecule has 0 aromatic heterocycles. The van der Waals surface area contributed by atoms with E-state index in [0.717, 1.165) is 18.4 Å². The van der Waals surface area contributed by atoms with Gasteiger partial charge >= 0.3 is 6.09 Å². The molecule has 0 unspecified atom stereocenters. The predicted octanol–water partition coefficient (Wildman–Crippen LogP) is 3.83. The summed E-state index contributed by atoms with van der Waals surface area (Å²) in [5.74, 6) is 0. The molecular weight excluding hydrogens is 304 g/mol. The van der Waals surface area contributed by atoms with Crippen LogP contribution in [0, 0.1) is 0 Å². The van der Waals surface area contributed by atoms with Gasteiger partial charge in [0.2, 0.25) is 0 Å². The summed E-state index contributed by atoms with van der Waals surface area (Å²) in [5.41, 5.74) is 0.477. The molecule has 1 N–H and O–H groups in total. The van der Waals surface area contributed by atoms with E-state index in [1.807, 2.05) is 51.1 Å². The number of hydroxylamine groups is 2. The highest BCUT2D eigenvalue weighted by molar-refractivity contribution is 5.69. The fourth-order valence-electron chi connectivity index (χ4n) is 3.05. The van der Waals surface area contributed by atoms with Gasteiger partial charge in [0.1, 0.15) is 5.60 Å². The average molecular weight is 332 g/mol. The van der Waals surface area contributed by atoms with E-state index in [1.165, 1.54) is 5.06 Å². The quantitative estimate of drug-likeness (QED) is 0.658. The normalized spacial score (nSPS) is 19.4. The summed E-state index contributed by atoms with van der Waals surface area (Å²) in [7, 11) is 0. The van der Waals surface area contributed by atoms with Crippen LogP contribution >= 0.6 is 0 Å². The first-order valence-corrected chi connectivity index (χ1v) is 8.43. The lowest BCUT2D eigenvalue weighted by atomic mass is 10.0. The van der Waals surface area contributed by atoms with Crippen molar-refractivity contribution >= 4 is 6.09 Å². The van der Waals surface area contributed by atoms with Gasteiger partial charge in [-0.3, -0.25) is 0 Å². The molecular formula is C19H28N2O3. The molecule has 1 saturated heterocycles. The Morgan fingerprint density at radius 1 is 1.46 bits per heavy atom. The van der Waals surface area contributed by atoms with E-state index in [2.05, 4.69) is 6.58 Å². The molecule has 24 heavy (non-hydrogen) atoms. The smallest absolute Gasteiger partial charge is 0.410 e. The molecule has 0 saturated carbocycles. The third-order valence-electron chi connectivity index (χ3n) is 4.09. The molecule has 5 nitrogen and oxygen atoms in total. The highest BCUT2D eigenvalue weighted by Gasteiger charge is 2.38. The number of ether oxygens (including phenoxy) is 1. The van der Waals surface area contributed by atoms with Gasteiger partial charge in [0.25, 0.3) is 0 Å². The minimum atomic E-state index is -0.531. The van der Waals surface area contributed by atoms with E-state index in [0.29, 0.717) is 13.1 Å². The highest BCUT2D eigenvalue weighted by Crippen LogP contribution is 2.26. The molecule has 5 heteroatoms. The van der Waals surface area contributed by atoms with Gasteiger partial charge in [-0.05, 0) is 39.2 Å². The highest BCUT2D eigenvalue weighted by atomic mass is 16.6. The van der Waals surface area contributed by atoms with Crippen molar-refractivity contribution in [3.63, 3.8) is 0 Å². The van der Waals surface area contributed by atoms with Crippen LogP contribution in [0.15, 0.2) is 43.0 Å². The van der Waals surface area contributed by atoms with E-state index >= 15 is 0 Å². The molecule has 1 heterocycles. The lowest BCUT2D eigenvalue weighted by molar-refractivity contribution is -0.136. The Balaban J connectivity index is 2.07. The van der Waals surface area contributed by atoms with Gasteiger partial charge in [-0.1, -0.05) is 36.4 Å². The van der Waals surface area contributed by atoms with Crippen molar-refractivity contribution in [2.75, 3.05) is 6.54 Å². The summed E-state index contributed by atoms with van der Waals surface area (Å²) in [4.78, 5) is 14.2. The SMILES string of the molecule is C=C[C@@H]([C@H]1CCCN1C(=O)OC(C)(C)C)N(O)Cc1ccccc1. The standard InChI is InChI=1S/C19H28N2O3/c1-5-16(21(23)14-15-10-7-6-8-11-15)17-12-9-13-20(17)18(22)24-19(2,3)4/h5-8,10-11,16-17,23H,1,9,12-14H2,2-4H3/t16-,17+/m0/s1. The average Bonchev–Trinajstić information content (AvgIpc) is 2.96. The molecule has 1 aromatic carbocycles. The lowest BCUT2D eigenvalue weighted by Crippen LogP contribution is -2.49. The molecule has 1 aliphatic rings. The maximum atomic E-state index is 12.4. The Morgan fingerprint density at radius 2 is 2.12 bits per heavy atom. The number of likely N-dealkylation sites (tertiary alicyclic amines) is 1. The summed E-state index contributed by atoms with van der Waals surface area (Å²) in [6, 6.07) is 9.28. The molecule has 1 aliphatic heterocycles. The van der Waals surface area contributed by atoms with Crippen LogP contribution in [-0.4, -0.2) is 45.5 Å². The van der Waals surface area contributed by atoms with Crippen LogP contribution in [-0.2, 0) is 11.3 Å². The molecule has 1 fully saturated rings. The van der Waals surface area contributed by atoms with Crippen molar-refractivity contribution in [1.82, 2.24) is 9.96 Å². The van der Waals surface area contributed by atoms with Crippen LogP contribution in [0.1, 0.15) is 39.2 Å². The topological polar surface area (TPSA) is 53.0 Å². The number of carbonyl (C=O) groups excluding carboxylic acids is 1. The van der Waals surface area contributed by atoms with Crippen molar-refractivity contribution in [2.24, 2.45) is 0 Å². The van der Waals surface area contributed by atoms with Crippen LogP contribution in [0.25, 0.3) is 0 Å². The third-order valence-corrected chi connectivity index (χ3v) is 4.09. The maximum Gasteiger partial charge on any atom is 0.410 e. The Hall–Kier alpha value is -1.85. The molecule has 0 bridgehead atoms. The zero-order valence-corrected chi connectivity index (χ0v) is 14.8. The van der Waals surface area contributed by atoms with Crippen molar-refractivity contribution in [2.45, 2.75) is 57.8 Å². The Morgan fingerprint density at radius 3 is 2.71 bits per heavy atom. The second-order valence-corrected chi connectivity index (χ2v) is 7.19. The molecule has 132 valence electrons. The summed E-state index contributed by atoms with van der Waals surface area (Å²) >= 11 is 0. The first-order valence-electron chi connectivity index (χ1n) is 8.43. The van der Waals surface area contributed by atoms with Gasteiger partial charge in [0.05, 0.1) is 12.1 Å². The zero-order chi connectivity index (χ0) is 17.7. The van der Waals surface area contributed by atoms with Crippen LogP contribution < -0.4 is 0 Å². The van der Waals surface area contributed by atoms with E-state index in [1.54, 1.807) is 11.0 Å². The minimum Gasteiger partial charge on any atom is -0.444 e. The largest absolute Gasteiger partial charge is 0.444 e. The van der Waals surface area contributed by atoms with Gasteiger partial charge in [0.15, 0.2) is 0 Å². The predicted molar refractivity (Wildman–Crippen MR) is 93.7 cm³/mol. The summed E-state index contributed by atoms with van der Waals surface area (Å²) in [6.07, 6.45) is 3.09. The second-order valence-electron chi connectivity index (χ2n) is 7.19. The second kappa shape index (κ2) is 7.81. The zero-order valence-electron chi connectivity index (χ0n) is 14.8. The van der Waals surface area contributed by atoms with Crippen LogP contribution in [0.2, 0.25) is 0 Å². The molecule has 0 radical (unpaired) electrons. The number of amides is 1. The van der Waals surface area contributed by atoms with Crippen molar-refractivity contribution in [3.8, 4) is 0 Å². The van der Waals surface area contributed by atoms with Gasteiger partial charge in [-0.25, -0.2) is 4.79 Å². The Labute approximate surface area is 144 Å². The molecule has 1 aromatic rings. The first-order chi connectivity index (χ1) is 11.3. The number of carbonyl (C=O) groups is 1. The molecule has 2 atom stereocenters. The fraction of sp³-hybridized carbons (Fsp3) is 0.526. The van der Waals surface area contributed by atoms with Crippen LogP contribution in [0.3, 0.4) is 0 Å². The summed E-state index contributed by atoms with van der Waals surface area (Å²) in [6.45, 7) is 10.5. The van der Waals surface area contributed by atoms with E-state index < -0.39 is 5.60 Å². The van der Waals surface area contributed by atoms with Crippen molar-refractivity contribution < 1.29 is 14.7 Å². The monoisotopic (exact) mass is 332 g/mol. The van der Waals surface area contributed by atoms with Gasteiger partial charge < -0.3 is 14.8 Å². The fourth-order valence-corrected chi connectivity index (χ4v) is 3.05. The van der Waals surface area contributed by atoms with Gasteiger partial charge in [-0.15, -0.1) is 6.58 Å². The molecule has 2 rings (SSSR count). The summed E-state index contributed by atoms with van der Waals surface area (Å²) in [5, 5.41) is 11.8. The van der Waals surface area contributed by atoms with E-state index in [4.69, 9.17) is 4.74 Å². The van der Waals surface area contributed by atoms with Crippen LogP contribution in [0.4, 0.5) is 4.79 Å². The third kappa shape index (κ3) is 4.82. The lowest BCUT2D eigenvalue weighted by Gasteiger charge is -2.35. The number of benzene rings is 1. The molecule has 1 amide bonds. The number of nitrogens with zero attached hydrogens (tertiary/aromatic N) is 2. The van der Waals surface area contributed by atoms with Gasteiger partial charge in [-0.2, -0.15) is 5.06 Å². The van der Waals surface area contributed by atoms with Crippen molar-refractivity contribution in [3.05, 3.63) is 48.6 Å². The van der Waals surface area contributed by atoms with E-state index in [-0.39, 0.29) is 18.2 Å². The van der Waals surface area contributed by atoms with Crippen LogP contribution in [0.5, 0.6) is 0 Å². The molecule has 0 aliphatic carbocycles. The Kier molecular flexibility index (Phi) is 6.02. The van der Waals surface area contributed by atoms with E-state index in [9.17, 15) is 10.0 Å². The number of hydrogen-bond acceptors (Lipinski definition) is 4.